The van der Waals surface area contributed by atoms with Gasteiger partial charge in [0.05, 0.1) is 39.5 Å². The Balaban J connectivity index is 1.13. The standard InChI is InChI=1S/C71H88N10O15S/c1-81(2,42-22-44-97(94,95)96)43-40-73-66(87)55(33-18-19-39-72-61(82)36-21-41-80-64(85)37-38-65(80)86)74-62(83)34-20-35-63(84)75-56(45-50-23-8-3-9-24-50)67(88)76-57(46-51-25-10-4-11-26-51)68(89)77-58(47-52-27-12-5-13-28-52)69(90)78-59(48-53-29-14-6-15-30-53)70(91)79-60(71(92)93)49-54-31-16-7-17-32-54/h3-17,23-32,37-38,55-60H,18-22,33-36,39-49H2,1-2H3,(H9-,72,73,74,75,76,77,78,79,82,83,84,87,88,89,90,91,92,93,94,95,96)/p+1. The first-order valence-corrected chi connectivity index (χ1v) is 34.1. The second kappa shape index (κ2) is 39.2. The van der Waals surface area contributed by atoms with Gasteiger partial charge in [0.1, 0.15) is 36.3 Å². The molecule has 5 aromatic carbocycles. The van der Waals surface area contributed by atoms with Crippen LogP contribution in [0.5, 0.6) is 0 Å². The van der Waals surface area contributed by atoms with E-state index in [0.29, 0.717) is 58.2 Å². The summed E-state index contributed by atoms with van der Waals surface area (Å²) in [7, 11) is -0.491. The van der Waals surface area contributed by atoms with Gasteiger partial charge in [-0.1, -0.05) is 152 Å². The fourth-order valence-electron chi connectivity index (χ4n) is 10.8. The first-order chi connectivity index (χ1) is 46.4. The van der Waals surface area contributed by atoms with Crippen LogP contribution >= 0.6 is 0 Å². The van der Waals surface area contributed by atoms with Crippen molar-refractivity contribution < 1.29 is 75.3 Å². The van der Waals surface area contributed by atoms with Crippen LogP contribution in [0.2, 0.25) is 0 Å². The lowest BCUT2D eigenvalue weighted by Crippen LogP contribution is -2.60. The number of unbranched alkanes of at least 4 members (excludes halogenated alkanes) is 1. The number of nitrogens with one attached hydrogen (secondary N) is 8. The Morgan fingerprint density at radius 1 is 0.412 bits per heavy atom. The van der Waals surface area contributed by atoms with Crippen LogP contribution in [0, 0.1) is 0 Å². The van der Waals surface area contributed by atoms with E-state index in [0.717, 1.165) is 4.90 Å². The zero-order valence-electron chi connectivity index (χ0n) is 54.7. The molecule has 0 aliphatic carbocycles. The van der Waals surface area contributed by atoms with Crippen molar-refractivity contribution in [2.24, 2.45) is 0 Å². The third-order valence-corrected chi connectivity index (χ3v) is 17.0. The largest absolute Gasteiger partial charge is 0.480 e. The quantitative estimate of drug-likeness (QED) is 0.0116. The predicted octanol–water partition coefficient (Wildman–Crippen LogP) is 2.83. The molecule has 518 valence electrons. The van der Waals surface area contributed by atoms with E-state index >= 15 is 0 Å². The van der Waals surface area contributed by atoms with Gasteiger partial charge in [0.2, 0.25) is 47.3 Å². The molecule has 0 saturated carbocycles. The molecule has 1 aliphatic rings. The number of likely N-dealkylation sites (N-methyl/N-ethyl adjacent to an activating group) is 1. The number of quaternary nitrogens is 1. The number of imide groups is 1. The van der Waals surface area contributed by atoms with Crippen LogP contribution < -0.4 is 42.5 Å². The fourth-order valence-corrected chi connectivity index (χ4v) is 11.3. The Morgan fingerprint density at radius 2 is 0.773 bits per heavy atom. The number of carboxylic acid groups (broad SMARTS) is 1. The monoisotopic (exact) mass is 1350 g/mol. The van der Waals surface area contributed by atoms with E-state index in [1.165, 1.54) is 12.2 Å². The summed E-state index contributed by atoms with van der Waals surface area (Å²) in [5.41, 5.74) is 3.23. The summed E-state index contributed by atoms with van der Waals surface area (Å²) in [6.07, 6.45) is 3.07. The van der Waals surface area contributed by atoms with Gasteiger partial charge in [-0.2, -0.15) is 8.42 Å². The maximum Gasteiger partial charge on any atom is 0.326 e. The van der Waals surface area contributed by atoms with Gasteiger partial charge < -0.3 is 52.1 Å². The van der Waals surface area contributed by atoms with E-state index in [1.54, 1.807) is 152 Å². The van der Waals surface area contributed by atoms with Crippen LogP contribution in [0.1, 0.15) is 85.6 Å². The molecule has 0 saturated heterocycles. The average Bonchev–Trinajstić information content (AvgIpc) is 1.40. The van der Waals surface area contributed by atoms with Crippen LogP contribution in [-0.4, -0.2) is 181 Å². The van der Waals surface area contributed by atoms with E-state index in [1.807, 2.05) is 14.1 Å². The molecule has 26 heteroatoms. The first kappa shape index (κ1) is 76.1. The summed E-state index contributed by atoms with van der Waals surface area (Å²) in [6, 6.07) is 36.2. The summed E-state index contributed by atoms with van der Waals surface area (Å²) in [4.78, 5) is 150. The van der Waals surface area contributed by atoms with Gasteiger partial charge in [0, 0.05) is 83.0 Å². The van der Waals surface area contributed by atoms with Crippen molar-refractivity contribution >= 4 is 75.2 Å². The Morgan fingerprint density at radius 3 is 1.16 bits per heavy atom. The highest BCUT2D eigenvalue weighted by Crippen LogP contribution is 2.14. The van der Waals surface area contributed by atoms with Gasteiger partial charge in [-0.05, 0) is 59.9 Å². The first-order valence-electron chi connectivity index (χ1n) is 32.5. The van der Waals surface area contributed by atoms with Crippen molar-refractivity contribution in [2.75, 3.05) is 52.6 Å². The lowest BCUT2D eigenvalue weighted by Gasteiger charge is -2.30. The molecular weight excluding hydrogens is 1260 g/mol. The van der Waals surface area contributed by atoms with E-state index in [4.69, 9.17) is 0 Å². The van der Waals surface area contributed by atoms with Crippen LogP contribution in [0.15, 0.2) is 164 Å². The zero-order chi connectivity index (χ0) is 70.2. The van der Waals surface area contributed by atoms with Crippen LogP contribution in [0.4, 0.5) is 0 Å². The molecule has 6 unspecified atom stereocenters. The summed E-state index contributed by atoms with van der Waals surface area (Å²) < 4.78 is 32.1. The van der Waals surface area contributed by atoms with Crippen LogP contribution in [0.3, 0.4) is 0 Å². The number of carboxylic acids is 1. The smallest absolute Gasteiger partial charge is 0.326 e. The topological polar surface area (TPSA) is 362 Å². The molecule has 10 N–H and O–H groups in total. The summed E-state index contributed by atoms with van der Waals surface area (Å²) in [6.45, 7) is 1.24. The Labute approximate surface area is 565 Å². The van der Waals surface area contributed by atoms with E-state index in [-0.39, 0.29) is 103 Å². The maximum atomic E-state index is 14.9. The highest BCUT2D eigenvalue weighted by atomic mass is 32.2. The van der Waals surface area contributed by atoms with Crippen molar-refractivity contribution in [1.29, 1.82) is 0 Å². The predicted molar refractivity (Wildman–Crippen MR) is 362 cm³/mol. The minimum absolute atomic E-state index is 0.0187. The summed E-state index contributed by atoms with van der Waals surface area (Å²) in [5.74, 6) is -7.64. The minimum atomic E-state index is -4.16. The lowest BCUT2D eigenvalue weighted by atomic mass is 10.00. The second-order valence-corrected chi connectivity index (χ2v) is 26.1. The molecule has 1 heterocycles. The fraction of sp³-hybridized carbons (Fsp3) is 0.394. The van der Waals surface area contributed by atoms with E-state index in [2.05, 4.69) is 42.5 Å². The summed E-state index contributed by atoms with van der Waals surface area (Å²) >= 11 is 0. The van der Waals surface area contributed by atoms with Crippen LogP contribution in [0.25, 0.3) is 0 Å². The number of aliphatic carboxylic acids is 1. The molecule has 0 radical (unpaired) electrons. The number of benzene rings is 5. The molecule has 5 aromatic rings. The van der Waals surface area contributed by atoms with Gasteiger partial charge >= 0.3 is 5.97 Å². The molecule has 25 nitrogen and oxygen atoms in total. The number of rotatable bonds is 42. The van der Waals surface area contributed by atoms with E-state index < -0.39 is 111 Å². The zero-order valence-corrected chi connectivity index (χ0v) is 55.5. The highest BCUT2D eigenvalue weighted by Gasteiger charge is 2.34. The van der Waals surface area contributed by atoms with Crippen molar-refractivity contribution in [3.8, 4) is 0 Å². The lowest BCUT2D eigenvalue weighted by molar-refractivity contribution is -0.889. The van der Waals surface area contributed by atoms with Crippen molar-refractivity contribution in [2.45, 2.75) is 126 Å². The van der Waals surface area contributed by atoms with Crippen molar-refractivity contribution in [3.05, 3.63) is 192 Å². The highest BCUT2D eigenvalue weighted by molar-refractivity contribution is 7.85. The van der Waals surface area contributed by atoms with Gasteiger partial charge in [-0.3, -0.25) is 57.4 Å². The average molecular weight is 1350 g/mol. The normalized spacial score (nSPS) is 13.9. The van der Waals surface area contributed by atoms with Crippen molar-refractivity contribution in [3.63, 3.8) is 0 Å². The van der Waals surface area contributed by atoms with Gasteiger partial charge in [-0.25, -0.2) is 4.79 Å². The van der Waals surface area contributed by atoms with E-state index in [9.17, 15) is 70.8 Å². The molecule has 0 bridgehead atoms. The number of hydrogen-bond acceptors (Lipinski definition) is 13. The van der Waals surface area contributed by atoms with Gasteiger partial charge in [0.15, 0.2) is 0 Å². The van der Waals surface area contributed by atoms with Gasteiger partial charge in [-0.15, -0.1) is 0 Å². The number of amides is 10. The molecule has 0 aromatic heterocycles. The third-order valence-electron chi connectivity index (χ3n) is 16.1. The molecule has 0 spiro atoms. The molecule has 6 atom stereocenters. The minimum Gasteiger partial charge on any atom is -0.480 e. The van der Waals surface area contributed by atoms with Crippen molar-refractivity contribution in [1.82, 2.24) is 47.4 Å². The molecule has 97 heavy (non-hydrogen) atoms. The molecule has 6 rings (SSSR count). The Kier molecular flexibility index (Phi) is 30.8. The second-order valence-electron chi connectivity index (χ2n) is 24.5. The molecule has 1 aliphatic heterocycles. The number of nitrogens with zero attached hydrogens (tertiary/aromatic N) is 2. The number of hydrogen-bond donors (Lipinski definition) is 10. The number of carbonyl (C=O) groups excluding carboxylic acids is 10. The molecule has 0 fully saturated rings. The Hall–Kier alpha value is -9.92. The van der Waals surface area contributed by atoms with Crippen LogP contribution in [-0.2, 0) is 95.0 Å². The molecule has 10 amide bonds. The SMILES string of the molecule is C[N+](C)(CCCS(=O)(=O)O)CCNC(=O)C(CCCCNC(=O)CCCN1C(=O)C=CC1=O)NC(=O)CCCC(=O)NC(Cc1ccccc1)C(=O)NC(Cc1ccccc1)C(=O)NC(Cc1ccccc1)C(=O)NC(Cc1ccccc1)C(=O)NC(Cc1ccccc1)C(=O)O. The van der Waals surface area contributed by atoms with Gasteiger partial charge in [0.25, 0.3) is 21.9 Å². The molecular formula is C71H89N10O15S+. The summed E-state index contributed by atoms with van der Waals surface area (Å²) in [5, 5.41) is 32.5. The Bertz CT molecular complexity index is 3570. The third kappa shape index (κ3) is 28.5. The maximum absolute atomic E-state index is 14.9. The number of carbonyl (C=O) groups is 11.